The Morgan fingerprint density at radius 3 is 2.63 bits per heavy atom. The molecule has 148 valence electrons. The SMILES string of the molecule is CC(=O)OCOC(=O)C1=C(SC2CNC(=O)C2)[C@H](C)[C@@H]2[C@@H]([C@@H](C)O)C(=O)N12. The molecule has 2 saturated heterocycles. The van der Waals surface area contributed by atoms with E-state index in [1.54, 1.807) is 6.92 Å². The molecule has 2 N–H and O–H groups in total. The van der Waals surface area contributed by atoms with Crippen LogP contribution in [0.25, 0.3) is 0 Å². The Labute approximate surface area is 160 Å². The van der Waals surface area contributed by atoms with E-state index in [0.717, 1.165) is 0 Å². The van der Waals surface area contributed by atoms with Crippen LogP contribution in [0.5, 0.6) is 0 Å². The van der Waals surface area contributed by atoms with Crippen molar-refractivity contribution in [1.29, 1.82) is 0 Å². The lowest BCUT2D eigenvalue weighted by molar-refractivity contribution is -0.171. The van der Waals surface area contributed by atoms with Crippen LogP contribution < -0.4 is 5.32 Å². The van der Waals surface area contributed by atoms with Gasteiger partial charge in [-0.15, -0.1) is 11.8 Å². The number of ether oxygens (including phenoxy) is 2. The molecule has 2 fully saturated rings. The number of carbonyl (C=O) groups excluding carboxylic acids is 4. The van der Waals surface area contributed by atoms with Crippen molar-refractivity contribution in [2.24, 2.45) is 11.8 Å². The quantitative estimate of drug-likeness (QED) is 0.357. The number of carbonyl (C=O) groups is 4. The number of nitrogens with one attached hydrogen (secondary N) is 1. The Hall–Kier alpha value is -2.07. The number of rotatable bonds is 6. The molecule has 5 atom stereocenters. The van der Waals surface area contributed by atoms with E-state index < -0.39 is 30.8 Å². The Morgan fingerprint density at radius 1 is 1.37 bits per heavy atom. The molecule has 0 aromatic rings. The number of aliphatic hydroxyl groups is 1. The largest absolute Gasteiger partial charge is 0.428 e. The van der Waals surface area contributed by atoms with Crippen LogP contribution in [0, 0.1) is 11.8 Å². The normalized spacial score (nSPS) is 30.6. The summed E-state index contributed by atoms with van der Waals surface area (Å²) in [4.78, 5) is 49.5. The molecule has 3 aliphatic heterocycles. The van der Waals surface area contributed by atoms with Crippen molar-refractivity contribution in [2.75, 3.05) is 13.3 Å². The fraction of sp³-hybridized carbons (Fsp3) is 0.647. The van der Waals surface area contributed by atoms with E-state index >= 15 is 0 Å². The second-order valence-electron chi connectivity index (χ2n) is 6.90. The average molecular weight is 398 g/mol. The van der Waals surface area contributed by atoms with E-state index in [4.69, 9.17) is 4.74 Å². The number of esters is 2. The fourth-order valence-electron chi connectivity index (χ4n) is 3.75. The maximum atomic E-state index is 12.6. The van der Waals surface area contributed by atoms with E-state index in [1.807, 2.05) is 6.92 Å². The summed E-state index contributed by atoms with van der Waals surface area (Å²) in [7, 11) is 0. The molecule has 3 heterocycles. The first-order chi connectivity index (χ1) is 12.7. The van der Waals surface area contributed by atoms with Crippen molar-refractivity contribution >= 4 is 35.5 Å². The summed E-state index contributed by atoms with van der Waals surface area (Å²) in [5.41, 5.74) is 0.117. The lowest BCUT2D eigenvalue weighted by Crippen LogP contribution is -2.63. The highest BCUT2D eigenvalue weighted by molar-refractivity contribution is 8.03. The second-order valence-corrected chi connectivity index (χ2v) is 8.24. The van der Waals surface area contributed by atoms with Crippen LogP contribution >= 0.6 is 11.8 Å². The molecule has 0 aliphatic carbocycles. The minimum atomic E-state index is -0.835. The predicted molar refractivity (Wildman–Crippen MR) is 93.7 cm³/mol. The number of amides is 2. The van der Waals surface area contributed by atoms with Crippen LogP contribution in [0.3, 0.4) is 0 Å². The van der Waals surface area contributed by atoms with Gasteiger partial charge in [-0.1, -0.05) is 6.92 Å². The van der Waals surface area contributed by atoms with Crippen LogP contribution in [0.2, 0.25) is 0 Å². The van der Waals surface area contributed by atoms with Gasteiger partial charge in [-0.25, -0.2) is 4.79 Å². The maximum absolute atomic E-state index is 12.6. The van der Waals surface area contributed by atoms with Crippen LogP contribution in [0.15, 0.2) is 10.6 Å². The topological polar surface area (TPSA) is 122 Å². The van der Waals surface area contributed by atoms with Crippen molar-refractivity contribution in [3.63, 3.8) is 0 Å². The Balaban J connectivity index is 1.84. The van der Waals surface area contributed by atoms with Gasteiger partial charge in [-0.2, -0.15) is 0 Å². The first kappa shape index (κ1) is 19.7. The molecule has 1 unspecified atom stereocenters. The summed E-state index contributed by atoms with van der Waals surface area (Å²) in [6.07, 6.45) is -0.506. The minimum absolute atomic E-state index is 0.0509. The highest BCUT2D eigenvalue weighted by atomic mass is 32.2. The summed E-state index contributed by atoms with van der Waals surface area (Å²) >= 11 is 1.38. The monoisotopic (exact) mass is 398 g/mol. The summed E-state index contributed by atoms with van der Waals surface area (Å²) < 4.78 is 9.64. The Morgan fingerprint density at radius 2 is 2.07 bits per heavy atom. The van der Waals surface area contributed by atoms with Gasteiger partial charge in [0.1, 0.15) is 5.70 Å². The number of fused-ring (bicyclic) bond motifs is 1. The standard InChI is InChI=1S/C17H22N2O7S/c1-7-13-12(8(2)20)16(23)19(13)14(17(24)26-6-25-9(3)21)15(7)27-10-4-11(22)18-5-10/h7-8,10,12-13,20H,4-6H2,1-3H3,(H,18,22)/t7-,8-,10?,12-,13-/m1/s1. The third kappa shape index (κ3) is 3.55. The van der Waals surface area contributed by atoms with Crippen molar-refractivity contribution in [2.45, 2.75) is 44.6 Å². The number of aliphatic hydroxyl groups excluding tert-OH is 1. The van der Waals surface area contributed by atoms with E-state index in [1.165, 1.54) is 23.6 Å². The highest BCUT2D eigenvalue weighted by Gasteiger charge is 2.60. The average Bonchev–Trinajstić information content (AvgIpc) is 3.08. The molecule has 0 bridgehead atoms. The van der Waals surface area contributed by atoms with Crippen LogP contribution in [-0.2, 0) is 28.7 Å². The molecule has 0 aromatic heterocycles. The first-order valence-electron chi connectivity index (χ1n) is 8.71. The molecule has 9 nitrogen and oxygen atoms in total. The second kappa shape index (κ2) is 7.51. The Bertz CT molecular complexity index is 720. The molecule has 2 amide bonds. The van der Waals surface area contributed by atoms with E-state index in [9.17, 15) is 24.3 Å². The van der Waals surface area contributed by atoms with Gasteiger partial charge in [0.2, 0.25) is 18.6 Å². The number of hydrogen-bond acceptors (Lipinski definition) is 8. The highest BCUT2D eigenvalue weighted by Crippen LogP contribution is 2.51. The molecular formula is C17H22N2O7S. The first-order valence-corrected chi connectivity index (χ1v) is 9.59. The van der Waals surface area contributed by atoms with Crippen molar-refractivity contribution in [1.82, 2.24) is 10.2 Å². The molecule has 0 saturated carbocycles. The van der Waals surface area contributed by atoms with Crippen LogP contribution in [0.1, 0.15) is 27.2 Å². The van der Waals surface area contributed by atoms with Gasteiger partial charge in [-0.05, 0) is 6.92 Å². The predicted octanol–water partition coefficient (Wildman–Crippen LogP) is -0.259. The van der Waals surface area contributed by atoms with Gasteiger partial charge in [0.25, 0.3) is 0 Å². The zero-order valence-corrected chi connectivity index (χ0v) is 16.1. The smallest absolute Gasteiger partial charge is 0.358 e. The molecule has 3 aliphatic rings. The molecular weight excluding hydrogens is 376 g/mol. The third-order valence-corrected chi connectivity index (χ3v) is 6.47. The van der Waals surface area contributed by atoms with Crippen molar-refractivity contribution in [3.8, 4) is 0 Å². The van der Waals surface area contributed by atoms with Crippen molar-refractivity contribution in [3.05, 3.63) is 10.6 Å². The summed E-state index contributed by atoms with van der Waals surface area (Å²) in [6, 6.07) is -0.332. The maximum Gasteiger partial charge on any atom is 0.358 e. The summed E-state index contributed by atoms with van der Waals surface area (Å²) in [5, 5.41) is 12.6. The van der Waals surface area contributed by atoms with Gasteiger partial charge < -0.3 is 24.8 Å². The summed E-state index contributed by atoms with van der Waals surface area (Å²) in [5.74, 6) is -2.51. The van der Waals surface area contributed by atoms with Gasteiger partial charge in [-0.3, -0.25) is 14.4 Å². The van der Waals surface area contributed by atoms with Crippen molar-refractivity contribution < 1.29 is 33.8 Å². The Kier molecular flexibility index (Phi) is 5.48. The van der Waals surface area contributed by atoms with Gasteiger partial charge in [0.15, 0.2) is 0 Å². The number of nitrogens with zero attached hydrogens (tertiary/aromatic N) is 1. The molecule has 0 radical (unpaired) electrons. The van der Waals surface area contributed by atoms with Gasteiger partial charge in [0.05, 0.1) is 18.1 Å². The summed E-state index contributed by atoms with van der Waals surface area (Å²) in [6.45, 7) is 4.57. The number of thioether (sulfide) groups is 1. The molecule has 27 heavy (non-hydrogen) atoms. The van der Waals surface area contributed by atoms with E-state index in [0.29, 0.717) is 17.9 Å². The fourth-order valence-corrected chi connectivity index (χ4v) is 5.15. The minimum Gasteiger partial charge on any atom is -0.428 e. The zero-order valence-electron chi connectivity index (χ0n) is 15.3. The third-order valence-electron chi connectivity index (χ3n) is 4.99. The molecule has 3 rings (SSSR count). The lowest BCUT2D eigenvalue weighted by atomic mass is 9.79. The van der Waals surface area contributed by atoms with Gasteiger partial charge >= 0.3 is 11.9 Å². The lowest BCUT2D eigenvalue weighted by Gasteiger charge is -2.46. The van der Waals surface area contributed by atoms with Crippen LogP contribution in [0.4, 0.5) is 0 Å². The molecule has 0 spiro atoms. The number of β-lactam (4-membered cyclic amide) rings is 1. The van der Waals surface area contributed by atoms with E-state index in [-0.39, 0.29) is 34.7 Å². The molecule has 10 heteroatoms. The van der Waals surface area contributed by atoms with Crippen LogP contribution in [-0.4, -0.2) is 64.5 Å². The zero-order chi connectivity index (χ0) is 19.9. The molecule has 0 aromatic carbocycles. The van der Waals surface area contributed by atoms with Gasteiger partial charge in [0, 0.05) is 36.0 Å². The number of hydrogen-bond donors (Lipinski definition) is 2. The van der Waals surface area contributed by atoms with E-state index in [2.05, 4.69) is 10.1 Å².